The SMILES string of the molecule is CC(NC(=O)C1(CN)CCOCC1)c1nc(Cc2ccccc2)no1. The van der Waals surface area contributed by atoms with Gasteiger partial charge in [0.1, 0.15) is 6.04 Å². The molecule has 2 heterocycles. The van der Waals surface area contributed by atoms with Crippen LogP contribution in [0.15, 0.2) is 34.9 Å². The Balaban J connectivity index is 1.63. The fourth-order valence-corrected chi connectivity index (χ4v) is 2.99. The van der Waals surface area contributed by atoms with Gasteiger partial charge in [0.15, 0.2) is 5.82 Å². The Kier molecular flexibility index (Phi) is 5.45. The fourth-order valence-electron chi connectivity index (χ4n) is 2.99. The molecule has 0 spiro atoms. The number of hydrogen-bond acceptors (Lipinski definition) is 6. The largest absolute Gasteiger partial charge is 0.381 e. The lowest BCUT2D eigenvalue weighted by atomic mass is 9.79. The van der Waals surface area contributed by atoms with Crippen molar-refractivity contribution in [1.82, 2.24) is 15.5 Å². The van der Waals surface area contributed by atoms with Crippen molar-refractivity contribution in [3.05, 3.63) is 47.6 Å². The van der Waals surface area contributed by atoms with E-state index >= 15 is 0 Å². The molecular formula is C18H24N4O3. The first-order valence-corrected chi connectivity index (χ1v) is 8.58. The Morgan fingerprint density at radius 1 is 1.32 bits per heavy atom. The van der Waals surface area contributed by atoms with E-state index in [1.807, 2.05) is 37.3 Å². The van der Waals surface area contributed by atoms with Crippen molar-refractivity contribution in [3.8, 4) is 0 Å². The second kappa shape index (κ2) is 7.76. The number of carbonyl (C=O) groups is 1. The molecule has 1 fully saturated rings. The van der Waals surface area contributed by atoms with Crippen LogP contribution in [0.5, 0.6) is 0 Å². The minimum Gasteiger partial charge on any atom is -0.381 e. The zero-order valence-corrected chi connectivity index (χ0v) is 14.4. The van der Waals surface area contributed by atoms with E-state index in [4.69, 9.17) is 15.0 Å². The van der Waals surface area contributed by atoms with E-state index in [2.05, 4.69) is 15.5 Å². The standard InChI is InChI=1S/C18H24N4O3/c1-13(20-17(23)18(12-19)7-9-24-10-8-18)16-21-15(22-25-16)11-14-5-3-2-4-6-14/h2-6,13H,7-12,19H2,1H3,(H,20,23). The van der Waals surface area contributed by atoms with E-state index in [1.165, 1.54) is 0 Å². The number of nitrogens with zero attached hydrogens (tertiary/aromatic N) is 2. The molecule has 1 saturated heterocycles. The van der Waals surface area contributed by atoms with Crippen LogP contribution in [0.3, 0.4) is 0 Å². The van der Waals surface area contributed by atoms with Gasteiger partial charge in [-0.3, -0.25) is 4.79 Å². The number of ether oxygens (including phenoxy) is 1. The van der Waals surface area contributed by atoms with Crippen LogP contribution >= 0.6 is 0 Å². The van der Waals surface area contributed by atoms with Crippen LogP contribution in [0.4, 0.5) is 0 Å². The van der Waals surface area contributed by atoms with Gasteiger partial charge in [-0.05, 0) is 25.3 Å². The van der Waals surface area contributed by atoms with Crippen LogP contribution in [-0.2, 0) is 16.0 Å². The average Bonchev–Trinajstić information content (AvgIpc) is 3.11. The number of nitrogens with one attached hydrogen (secondary N) is 1. The van der Waals surface area contributed by atoms with E-state index in [1.54, 1.807) is 0 Å². The topological polar surface area (TPSA) is 103 Å². The molecular weight excluding hydrogens is 320 g/mol. The number of aromatic nitrogens is 2. The van der Waals surface area contributed by atoms with Gasteiger partial charge in [-0.1, -0.05) is 35.5 Å². The summed E-state index contributed by atoms with van der Waals surface area (Å²) in [6.45, 7) is 3.25. The van der Waals surface area contributed by atoms with Crippen LogP contribution < -0.4 is 11.1 Å². The smallest absolute Gasteiger partial charge is 0.248 e. The van der Waals surface area contributed by atoms with E-state index in [0.29, 0.717) is 50.7 Å². The van der Waals surface area contributed by atoms with E-state index < -0.39 is 5.41 Å². The minimum atomic E-state index is -0.570. The van der Waals surface area contributed by atoms with Gasteiger partial charge in [-0.2, -0.15) is 4.98 Å². The summed E-state index contributed by atoms with van der Waals surface area (Å²) in [7, 11) is 0. The number of benzene rings is 1. The molecule has 0 saturated carbocycles. The molecule has 1 aromatic carbocycles. The highest BCUT2D eigenvalue weighted by Crippen LogP contribution is 2.30. The van der Waals surface area contributed by atoms with E-state index in [-0.39, 0.29) is 11.9 Å². The predicted octanol–water partition coefficient (Wildman–Crippen LogP) is 1.59. The van der Waals surface area contributed by atoms with Gasteiger partial charge in [0, 0.05) is 26.2 Å². The van der Waals surface area contributed by atoms with E-state index in [9.17, 15) is 4.79 Å². The van der Waals surface area contributed by atoms with Crippen LogP contribution in [0.1, 0.15) is 43.1 Å². The third kappa shape index (κ3) is 4.05. The summed E-state index contributed by atoms with van der Waals surface area (Å²) in [5, 5.41) is 6.97. The Bertz CT molecular complexity index is 695. The van der Waals surface area contributed by atoms with Gasteiger partial charge in [0.2, 0.25) is 11.8 Å². The fraction of sp³-hybridized carbons (Fsp3) is 0.500. The first-order chi connectivity index (χ1) is 12.1. The number of nitrogens with two attached hydrogens (primary N) is 1. The molecule has 0 bridgehead atoms. The molecule has 0 aliphatic carbocycles. The number of amides is 1. The van der Waals surface area contributed by atoms with Gasteiger partial charge in [0.25, 0.3) is 0 Å². The monoisotopic (exact) mass is 344 g/mol. The maximum Gasteiger partial charge on any atom is 0.248 e. The lowest BCUT2D eigenvalue weighted by molar-refractivity contribution is -0.136. The molecule has 1 aliphatic heterocycles. The first kappa shape index (κ1) is 17.6. The molecule has 1 amide bonds. The average molecular weight is 344 g/mol. The van der Waals surface area contributed by atoms with Crippen molar-refractivity contribution in [3.63, 3.8) is 0 Å². The van der Waals surface area contributed by atoms with Gasteiger partial charge in [-0.25, -0.2) is 0 Å². The Hall–Kier alpha value is -2.25. The van der Waals surface area contributed by atoms with Gasteiger partial charge in [-0.15, -0.1) is 0 Å². The van der Waals surface area contributed by atoms with Crippen molar-refractivity contribution in [1.29, 1.82) is 0 Å². The summed E-state index contributed by atoms with van der Waals surface area (Å²) in [5.74, 6) is 0.925. The van der Waals surface area contributed by atoms with Gasteiger partial charge >= 0.3 is 0 Å². The Morgan fingerprint density at radius 2 is 2.04 bits per heavy atom. The highest BCUT2D eigenvalue weighted by atomic mass is 16.5. The summed E-state index contributed by atoms with van der Waals surface area (Å²) < 4.78 is 10.7. The molecule has 1 aliphatic rings. The van der Waals surface area contributed by atoms with Crippen LogP contribution in [-0.4, -0.2) is 35.8 Å². The van der Waals surface area contributed by atoms with Crippen molar-refractivity contribution in [2.45, 2.75) is 32.2 Å². The first-order valence-electron chi connectivity index (χ1n) is 8.58. The quantitative estimate of drug-likeness (QED) is 0.825. The minimum absolute atomic E-state index is 0.0754. The molecule has 3 rings (SSSR count). The third-order valence-corrected chi connectivity index (χ3v) is 4.73. The van der Waals surface area contributed by atoms with Crippen molar-refractivity contribution in [2.75, 3.05) is 19.8 Å². The molecule has 1 atom stereocenters. The molecule has 2 aromatic rings. The Labute approximate surface area is 146 Å². The van der Waals surface area contributed by atoms with Crippen LogP contribution in [0.2, 0.25) is 0 Å². The normalized spacial score (nSPS) is 17.8. The summed E-state index contributed by atoms with van der Waals surface area (Å²) in [5.41, 5.74) is 6.41. The maximum atomic E-state index is 12.7. The molecule has 0 radical (unpaired) electrons. The van der Waals surface area contributed by atoms with Crippen molar-refractivity contribution in [2.24, 2.45) is 11.1 Å². The maximum absolute atomic E-state index is 12.7. The van der Waals surface area contributed by atoms with Crippen LogP contribution in [0, 0.1) is 5.41 Å². The number of carbonyl (C=O) groups excluding carboxylic acids is 1. The molecule has 7 heteroatoms. The molecule has 1 aromatic heterocycles. The number of hydrogen-bond donors (Lipinski definition) is 2. The van der Waals surface area contributed by atoms with Gasteiger partial charge < -0.3 is 20.3 Å². The van der Waals surface area contributed by atoms with Gasteiger partial charge in [0.05, 0.1) is 5.41 Å². The lowest BCUT2D eigenvalue weighted by Crippen LogP contribution is -2.49. The highest BCUT2D eigenvalue weighted by Gasteiger charge is 2.39. The second-order valence-corrected chi connectivity index (χ2v) is 6.50. The molecule has 25 heavy (non-hydrogen) atoms. The molecule has 1 unspecified atom stereocenters. The van der Waals surface area contributed by atoms with E-state index in [0.717, 1.165) is 5.56 Å². The molecule has 7 nitrogen and oxygen atoms in total. The zero-order valence-electron chi connectivity index (χ0n) is 14.4. The Morgan fingerprint density at radius 3 is 2.72 bits per heavy atom. The number of rotatable bonds is 6. The second-order valence-electron chi connectivity index (χ2n) is 6.50. The molecule has 134 valence electrons. The third-order valence-electron chi connectivity index (χ3n) is 4.73. The molecule has 3 N–H and O–H groups in total. The summed E-state index contributed by atoms with van der Waals surface area (Å²) in [4.78, 5) is 17.1. The zero-order chi connectivity index (χ0) is 17.7. The van der Waals surface area contributed by atoms with Crippen molar-refractivity contribution >= 4 is 5.91 Å². The predicted molar refractivity (Wildman–Crippen MR) is 91.6 cm³/mol. The highest BCUT2D eigenvalue weighted by molar-refractivity contribution is 5.83. The summed E-state index contributed by atoms with van der Waals surface area (Å²) in [6, 6.07) is 9.57. The lowest BCUT2D eigenvalue weighted by Gasteiger charge is -2.35. The van der Waals surface area contributed by atoms with Crippen molar-refractivity contribution < 1.29 is 14.1 Å². The summed E-state index contributed by atoms with van der Waals surface area (Å²) >= 11 is 0. The summed E-state index contributed by atoms with van der Waals surface area (Å²) in [6.07, 6.45) is 1.85. The van der Waals surface area contributed by atoms with Crippen LogP contribution in [0.25, 0.3) is 0 Å².